The average molecular weight is 281 g/mol. The van der Waals surface area contributed by atoms with Crippen molar-refractivity contribution in [3.63, 3.8) is 0 Å². The molecule has 0 aliphatic carbocycles. The molecule has 1 saturated heterocycles. The summed E-state index contributed by atoms with van der Waals surface area (Å²) in [6.07, 6.45) is 2.54. The number of nitrogens with one attached hydrogen (secondary N) is 1. The lowest BCUT2D eigenvalue weighted by atomic mass is 9.95. The maximum absolute atomic E-state index is 4.73. The topological polar surface area (TPSA) is 28.2 Å². The van der Waals surface area contributed by atoms with E-state index in [-0.39, 0.29) is 0 Å². The van der Waals surface area contributed by atoms with Crippen LogP contribution in [-0.2, 0) is 13.1 Å². The molecule has 4 heteroatoms. The summed E-state index contributed by atoms with van der Waals surface area (Å²) >= 11 is 1.79. The zero-order chi connectivity index (χ0) is 13.7. The predicted octanol–water partition coefficient (Wildman–Crippen LogP) is 3.12. The summed E-state index contributed by atoms with van der Waals surface area (Å²) in [5, 5.41) is 6.87. The normalized spacial score (nSPS) is 20.5. The first-order valence-electron chi connectivity index (χ1n) is 7.55. The van der Waals surface area contributed by atoms with Crippen LogP contribution in [0.25, 0.3) is 0 Å². The third kappa shape index (κ3) is 4.55. The molecule has 19 heavy (non-hydrogen) atoms. The van der Waals surface area contributed by atoms with E-state index in [0.29, 0.717) is 0 Å². The van der Waals surface area contributed by atoms with Crippen molar-refractivity contribution in [3.8, 4) is 0 Å². The van der Waals surface area contributed by atoms with Crippen molar-refractivity contribution in [1.29, 1.82) is 0 Å². The first-order valence-corrected chi connectivity index (χ1v) is 8.43. The molecule has 1 aliphatic rings. The first-order chi connectivity index (χ1) is 9.19. The second kappa shape index (κ2) is 7.36. The van der Waals surface area contributed by atoms with Crippen LogP contribution in [0.4, 0.5) is 0 Å². The molecule has 1 N–H and O–H groups in total. The number of hydrogen-bond donors (Lipinski definition) is 1. The fourth-order valence-corrected chi connectivity index (χ4v) is 3.41. The van der Waals surface area contributed by atoms with Gasteiger partial charge < -0.3 is 5.32 Å². The summed E-state index contributed by atoms with van der Waals surface area (Å²) in [5.41, 5.74) is 1.25. The Bertz CT molecular complexity index is 375. The Labute approximate surface area is 121 Å². The van der Waals surface area contributed by atoms with Gasteiger partial charge in [0.1, 0.15) is 5.01 Å². The van der Waals surface area contributed by atoms with E-state index in [9.17, 15) is 0 Å². The van der Waals surface area contributed by atoms with Crippen molar-refractivity contribution in [2.45, 2.75) is 46.7 Å². The van der Waals surface area contributed by atoms with Crippen molar-refractivity contribution in [2.24, 2.45) is 11.8 Å². The van der Waals surface area contributed by atoms with Gasteiger partial charge in [-0.15, -0.1) is 11.3 Å². The summed E-state index contributed by atoms with van der Waals surface area (Å²) in [4.78, 5) is 7.29. The van der Waals surface area contributed by atoms with Crippen LogP contribution >= 0.6 is 11.3 Å². The molecule has 2 heterocycles. The van der Waals surface area contributed by atoms with E-state index in [0.717, 1.165) is 31.5 Å². The van der Waals surface area contributed by atoms with Gasteiger partial charge in [-0.2, -0.15) is 0 Å². The van der Waals surface area contributed by atoms with Crippen molar-refractivity contribution in [1.82, 2.24) is 15.2 Å². The number of aromatic nitrogens is 1. The van der Waals surface area contributed by atoms with E-state index >= 15 is 0 Å². The van der Waals surface area contributed by atoms with Crippen LogP contribution in [0.2, 0.25) is 0 Å². The van der Waals surface area contributed by atoms with Gasteiger partial charge in [-0.25, -0.2) is 4.98 Å². The summed E-state index contributed by atoms with van der Waals surface area (Å²) < 4.78 is 0. The molecular formula is C15H27N3S. The molecule has 1 aromatic heterocycles. The van der Waals surface area contributed by atoms with Crippen LogP contribution in [0.3, 0.4) is 0 Å². The smallest absolute Gasteiger partial charge is 0.107 e. The lowest BCUT2D eigenvalue weighted by molar-refractivity contribution is 0.294. The van der Waals surface area contributed by atoms with Gasteiger partial charge in [-0.05, 0) is 37.8 Å². The van der Waals surface area contributed by atoms with Gasteiger partial charge in [0.05, 0.1) is 5.69 Å². The third-order valence-corrected chi connectivity index (χ3v) is 4.84. The molecular weight excluding hydrogens is 254 g/mol. The summed E-state index contributed by atoms with van der Waals surface area (Å²) in [6.45, 7) is 12.4. The van der Waals surface area contributed by atoms with Gasteiger partial charge in [0, 0.05) is 25.0 Å². The van der Waals surface area contributed by atoms with E-state index in [2.05, 4.69) is 36.4 Å². The minimum Gasteiger partial charge on any atom is -0.310 e. The number of hydrogen-bond acceptors (Lipinski definition) is 4. The van der Waals surface area contributed by atoms with E-state index in [1.807, 2.05) is 0 Å². The van der Waals surface area contributed by atoms with Crippen molar-refractivity contribution >= 4 is 11.3 Å². The van der Waals surface area contributed by atoms with Gasteiger partial charge in [0.15, 0.2) is 0 Å². The molecule has 0 spiro atoms. The molecule has 0 saturated carbocycles. The number of thiazole rings is 1. The second-order valence-corrected chi connectivity index (χ2v) is 6.88. The van der Waals surface area contributed by atoms with Crippen LogP contribution in [0.1, 0.15) is 44.3 Å². The minimum absolute atomic E-state index is 0.814. The van der Waals surface area contributed by atoms with Gasteiger partial charge in [0.25, 0.3) is 0 Å². The highest BCUT2D eigenvalue weighted by molar-refractivity contribution is 7.09. The predicted molar refractivity (Wildman–Crippen MR) is 82.3 cm³/mol. The number of nitrogens with zero attached hydrogens (tertiary/aromatic N) is 2. The lowest BCUT2D eigenvalue weighted by Crippen LogP contribution is -2.21. The molecule has 1 unspecified atom stereocenters. The van der Waals surface area contributed by atoms with Gasteiger partial charge in [0.2, 0.25) is 0 Å². The Morgan fingerprint density at radius 2 is 2.37 bits per heavy atom. The van der Waals surface area contributed by atoms with Crippen molar-refractivity contribution in [2.75, 3.05) is 19.6 Å². The highest BCUT2D eigenvalue weighted by Crippen LogP contribution is 2.25. The Morgan fingerprint density at radius 1 is 1.53 bits per heavy atom. The van der Waals surface area contributed by atoms with Gasteiger partial charge in [-0.1, -0.05) is 20.8 Å². The lowest BCUT2D eigenvalue weighted by Gasteiger charge is -2.16. The highest BCUT2D eigenvalue weighted by atomic mass is 32.1. The largest absolute Gasteiger partial charge is 0.310 e. The maximum atomic E-state index is 4.73. The van der Waals surface area contributed by atoms with Gasteiger partial charge in [-0.3, -0.25) is 4.90 Å². The molecule has 3 nitrogen and oxygen atoms in total. The fourth-order valence-electron chi connectivity index (χ4n) is 2.65. The van der Waals surface area contributed by atoms with E-state index in [1.54, 1.807) is 11.3 Å². The number of rotatable bonds is 7. The Hall–Kier alpha value is -0.450. The molecule has 0 bridgehead atoms. The minimum atomic E-state index is 0.814. The molecule has 0 radical (unpaired) electrons. The second-order valence-electron chi connectivity index (χ2n) is 5.94. The zero-order valence-corrected chi connectivity index (χ0v) is 13.3. The SMILES string of the molecule is CCCNCc1nc(CN2CCC(C(C)C)C2)cs1. The Balaban J connectivity index is 1.77. The quantitative estimate of drug-likeness (QED) is 0.778. The van der Waals surface area contributed by atoms with Gasteiger partial charge >= 0.3 is 0 Å². The molecule has 1 aromatic rings. The molecule has 0 aromatic carbocycles. The van der Waals surface area contributed by atoms with Crippen LogP contribution < -0.4 is 5.32 Å². The number of likely N-dealkylation sites (tertiary alicyclic amines) is 1. The van der Waals surface area contributed by atoms with Crippen LogP contribution in [0.5, 0.6) is 0 Å². The average Bonchev–Trinajstić information content (AvgIpc) is 3.00. The molecule has 2 rings (SSSR count). The zero-order valence-electron chi connectivity index (χ0n) is 12.5. The highest BCUT2D eigenvalue weighted by Gasteiger charge is 2.25. The fraction of sp³-hybridized carbons (Fsp3) is 0.800. The van der Waals surface area contributed by atoms with E-state index < -0.39 is 0 Å². The molecule has 1 aliphatic heterocycles. The molecule has 1 atom stereocenters. The Kier molecular flexibility index (Phi) is 5.79. The van der Waals surface area contributed by atoms with E-state index in [4.69, 9.17) is 4.98 Å². The molecule has 1 fully saturated rings. The summed E-state index contributed by atoms with van der Waals surface area (Å²) in [7, 11) is 0. The van der Waals surface area contributed by atoms with Crippen LogP contribution in [0, 0.1) is 11.8 Å². The Morgan fingerprint density at radius 3 is 3.05 bits per heavy atom. The maximum Gasteiger partial charge on any atom is 0.107 e. The molecule has 0 amide bonds. The monoisotopic (exact) mass is 281 g/mol. The first kappa shape index (κ1) is 14.9. The van der Waals surface area contributed by atoms with Crippen LogP contribution in [-0.4, -0.2) is 29.5 Å². The van der Waals surface area contributed by atoms with Crippen molar-refractivity contribution < 1.29 is 0 Å². The molecule has 108 valence electrons. The van der Waals surface area contributed by atoms with E-state index in [1.165, 1.54) is 36.6 Å². The van der Waals surface area contributed by atoms with Crippen molar-refractivity contribution in [3.05, 3.63) is 16.1 Å². The standard InChI is InChI=1S/C15H27N3S/c1-4-6-16-8-15-17-14(11-19-15)10-18-7-5-13(9-18)12(2)3/h11-13,16H,4-10H2,1-3H3. The van der Waals surface area contributed by atoms with Crippen LogP contribution in [0.15, 0.2) is 5.38 Å². The summed E-state index contributed by atoms with van der Waals surface area (Å²) in [5.74, 6) is 1.69. The summed E-state index contributed by atoms with van der Waals surface area (Å²) in [6, 6.07) is 0. The third-order valence-electron chi connectivity index (χ3n) is 3.94.